The smallest absolute Gasteiger partial charge is 0.275 e. The van der Waals surface area contributed by atoms with E-state index in [1.807, 2.05) is 6.92 Å². The largest absolute Gasteiger partial charge is 0.355 e. The molecule has 9 heteroatoms. The van der Waals surface area contributed by atoms with E-state index in [0.29, 0.717) is 17.4 Å². The highest BCUT2D eigenvalue weighted by molar-refractivity contribution is 6.04. The lowest BCUT2D eigenvalue weighted by Crippen LogP contribution is -2.51. The third-order valence-electron chi connectivity index (χ3n) is 4.58. The van der Waals surface area contributed by atoms with Gasteiger partial charge in [0.2, 0.25) is 0 Å². The first kappa shape index (κ1) is 19.7. The molecule has 0 spiro atoms. The standard InChI is InChI=1S/C19H24FN7O/c1-12-10-26-11-15(7-16(20)18(26)24-12)25-19(28)17(21-4)9-23-14(3)27-6-5-22-8-13(27)2/h7,9-11,13,22H,4-6,8H2,1-3H3,(H,25,28)/b17-9-,23-14?. The minimum atomic E-state index is -0.524. The summed E-state index contributed by atoms with van der Waals surface area (Å²) in [6.45, 7) is 11.8. The Morgan fingerprint density at radius 3 is 3.00 bits per heavy atom. The number of amides is 1. The summed E-state index contributed by atoms with van der Waals surface area (Å²) in [5.41, 5.74) is 1.23. The second-order valence-electron chi connectivity index (χ2n) is 6.74. The number of nitrogens with zero attached hydrogens (tertiary/aromatic N) is 5. The number of fused-ring (bicyclic) bond motifs is 1. The van der Waals surface area contributed by atoms with Crippen molar-refractivity contribution < 1.29 is 9.18 Å². The molecule has 0 aliphatic carbocycles. The highest BCUT2D eigenvalue weighted by Gasteiger charge is 2.18. The number of carbonyl (C=O) groups is 1. The molecule has 8 nitrogen and oxygen atoms in total. The Kier molecular flexibility index (Phi) is 5.84. The number of rotatable bonds is 4. The maximum absolute atomic E-state index is 14.2. The lowest BCUT2D eigenvalue weighted by Gasteiger charge is -2.35. The molecule has 1 atom stereocenters. The van der Waals surface area contributed by atoms with Crippen LogP contribution in [0.1, 0.15) is 19.5 Å². The second kappa shape index (κ2) is 8.30. The fourth-order valence-electron chi connectivity index (χ4n) is 3.16. The number of amidine groups is 1. The van der Waals surface area contributed by atoms with Gasteiger partial charge in [-0.1, -0.05) is 0 Å². The molecule has 1 amide bonds. The average molecular weight is 385 g/mol. The first-order valence-corrected chi connectivity index (χ1v) is 9.04. The number of piperazine rings is 1. The zero-order chi connectivity index (χ0) is 20.3. The van der Waals surface area contributed by atoms with Gasteiger partial charge in [-0.3, -0.25) is 9.79 Å². The van der Waals surface area contributed by atoms with Gasteiger partial charge in [0.15, 0.2) is 11.5 Å². The number of hydrogen-bond donors (Lipinski definition) is 2. The van der Waals surface area contributed by atoms with Crippen molar-refractivity contribution >= 4 is 29.8 Å². The van der Waals surface area contributed by atoms with Gasteiger partial charge in [0.05, 0.1) is 17.6 Å². The normalized spacial score (nSPS) is 18.4. The molecule has 28 heavy (non-hydrogen) atoms. The zero-order valence-corrected chi connectivity index (χ0v) is 16.2. The maximum atomic E-state index is 14.2. The van der Waals surface area contributed by atoms with Crippen molar-refractivity contribution in [2.24, 2.45) is 9.98 Å². The Bertz CT molecular complexity index is 963. The number of halogens is 1. The highest BCUT2D eigenvalue weighted by atomic mass is 19.1. The number of pyridine rings is 1. The highest BCUT2D eigenvalue weighted by Crippen LogP contribution is 2.17. The Hall–Kier alpha value is -3.07. The summed E-state index contributed by atoms with van der Waals surface area (Å²) in [6.07, 6.45) is 4.65. The maximum Gasteiger partial charge on any atom is 0.275 e. The van der Waals surface area contributed by atoms with Crippen LogP contribution in [0.15, 0.2) is 40.3 Å². The van der Waals surface area contributed by atoms with Crippen molar-refractivity contribution in [3.63, 3.8) is 0 Å². The fraction of sp³-hybridized carbons (Fsp3) is 0.368. The molecule has 2 aromatic rings. The fourth-order valence-corrected chi connectivity index (χ4v) is 3.16. The van der Waals surface area contributed by atoms with E-state index >= 15 is 0 Å². The Morgan fingerprint density at radius 1 is 1.50 bits per heavy atom. The van der Waals surface area contributed by atoms with Crippen LogP contribution in [0.4, 0.5) is 10.1 Å². The van der Waals surface area contributed by atoms with Gasteiger partial charge in [0, 0.05) is 44.1 Å². The molecule has 3 heterocycles. The van der Waals surface area contributed by atoms with Gasteiger partial charge in [0.1, 0.15) is 11.5 Å². The molecule has 0 aromatic carbocycles. The van der Waals surface area contributed by atoms with Gasteiger partial charge >= 0.3 is 0 Å². The molecular weight excluding hydrogens is 361 g/mol. The van der Waals surface area contributed by atoms with E-state index in [2.05, 4.69) is 44.1 Å². The summed E-state index contributed by atoms with van der Waals surface area (Å²) in [7, 11) is 0. The van der Waals surface area contributed by atoms with Crippen molar-refractivity contribution in [3.05, 3.63) is 41.9 Å². The number of nitrogens with one attached hydrogen (secondary N) is 2. The van der Waals surface area contributed by atoms with Gasteiger partial charge in [-0.2, -0.15) is 0 Å². The first-order chi connectivity index (χ1) is 13.4. The van der Waals surface area contributed by atoms with E-state index in [9.17, 15) is 9.18 Å². The molecular formula is C19H24FN7O. The summed E-state index contributed by atoms with van der Waals surface area (Å²) in [5, 5.41) is 5.94. The van der Waals surface area contributed by atoms with Gasteiger partial charge in [-0.25, -0.2) is 14.4 Å². The molecule has 1 fully saturated rings. The monoisotopic (exact) mass is 385 g/mol. The molecule has 1 aliphatic heterocycles. The predicted molar refractivity (Wildman–Crippen MR) is 108 cm³/mol. The van der Waals surface area contributed by atoms with Crippen molar-refractivity contribution in [2.75, 3.05) is 25.0 Å². The Balaban J connectivity index is 1.77. The van der Waals surface area contributed by atoms with Crippen LogP contribution in [0.5, 0.6) is 0 Å². The van der Waals surface area contributed by atoms with E-state index in [1.165, 1.54) is 16.7 Å². The van der Waals surface area contributed by atoms with E-state index in [1.54, 1.807) is 19.3 Å². The lowest BCUT2D eigenvalue weighted by atomic mass is 10.2. The molecule has 0 bridgehead atoms. The Morgan fingerprint density at radius 2 is 2.29 bits per heavy atom. The molecule has 1 aliphatic rings. The molecule has 148 valence electrons. The van der Waals surface area contributed by atoms with Crippen LogP contribution in [0.3, 0.4) is 0 Å². The number of aliphatic imine (C=N–C) groups is 2. The predicted octanol–water partition coefficient (Wildman–Crippen LogP) is 1.97. The number of aromatic nitrogens is 2. The van der Waals surface area contributed by atoms with Crippen LogP contribution in [-0.4, -0.2) is 58.4 Å². The molecule has 3 rings (SSSR count). The second-order valence-corrected chi connectivity index (χ2v) is 6.74. The number of anilines is 1. The number of carbonyl (C=O) groups excluding carboxylic acids is 1. The van der Waals surface area contributed by atoms with Crippen LogP contribution in [0.2, 0.25) is 0 Å². The minimum Gasteiger partial charge on any atom is -0.355 e. The molecule has 2 aromatic heterocycles. The van der Waals surface area contributed by atoms with Crippen molar-refractivity contribution in [3.8, 4) is 0 Å². The van der Waals surface area contributed by atoms with Gasteiger partial charge in [-0.15, -0.1) is 0 Å². The van der Waals surface area contributed by atoms with E-state index in [-0.39, 0.29) is 11.3 Å². The quantitative estimate of drug-likeness (QED) is 0.479. The van der Waals surface area contributed by atoms with Crippen LogP contribution in [0.25, 0.3) is 5.65 Å². The summed E-state index contributed by atoms with van der Waals surface area (Å²) in [4.78, 5) is 26.9. The van der Waals surface area contributed by atoms with E-state index < -0.39 is 11.7 Å². The zero-order valence-electron chi connectivity index (χ0n) is 16.2. The van der Waals surface area contributed by atoms with E-state index in [4.69, 9.17) is 0 Å². The van der Waals surface area contributed by atoms with Crippen LogP contribution < -0.4 is 10.6 Å². The average Bonchev–Trinajstić information content (AvgIpc) is 3.03. The van der Waals surface area contributed by atoms with Crippen LogP contribution in [-0.2, 0) is 4.79 Å². The number of aryl methyl sites for hydroxylation is 1. The Labute approximate surface area is 162 Å². The van der Waals surface area contributed by atoms with E-state index in [0.717, 1.165) is 25.5 Å². The molecule has 0 radical (unpaired) electrons. The summed E-state index contributed by atoms with van der Waals surface area (Å²) in [5.74, 6) is -0.246. The molecule has 0 saturated carbocycles. The van der Waals surface area contributed by atoms with Crippen molar-refractivity contribution in [2.45, 2.75) is 26.8 Å². The van der Waals surface area contributed by atoms with Gasteiger partial charge < -0.3 is 19.9 Å². The van der Waals surface area contributed by atoms with Crippen LogP contribution >= 0.6 is 0 Å². The molecule has 1 unspecified atom stereocenters. The molecule has 1 saturated heterocycles. The SMILES string of the molecule is C=N/C(=C\N=C(C)N1CCNCC1C)C(=O)Nc1cc(F)c2nc(C)cn2c1. The lowest BCUT2D eigenvalue weighted by molar-refractivity contribution is -0.112. The number of imidazole rings is 1. The molecule has 2 N–H and O–H groups in total. The van der Waals surface area contributed by atoms with Crippen molar-refractivity contribution in [1.82, 2.24) is 19.6 Å². The summed E-state index contributed by atoms with van der Waals surface area (Å²) >= 11 is 0. The van der Waals surface area contributed by atoms with Crippen molar-refractivity contribution in [1.29, 1.82) is 0 Å². The number of hydrogen-bond acceptors (Lipinski definition) is 5. The third-order valence-corrected chi connectivity index (χ3v) is 4.58. The van der Waals surface area contributed by atoms with Crippen LogP contribution in [0, 0.1) is 12.7 Å². The summed E-state index contributed by atoms with van der Waals surface area (Å²) < 4.78 is 15.7. The summed E-state index contributed by atoms with van der Waals surface area (Å²) in [6, 6.07) is 1.53. The first-order valence-electron chi connectivity index (χ1n) is 9.04. The van der Waals surface area contributed by atoms with Gasteiger partial charge in [0.25, 0.3) is 5.91 Å². The van der Waals surface area contributed by atoms with Gasteiger partial charge in [-0.05, 0) is 27.5 Å². The third kappa shape index (κ3) is 4.25. The topological polar surface area (TPSA) is 86.4 Å². The minimum absolute atomic E-state index is 0.0458.